The Morgan fingerprint density at radius 2 is 2.14 bits per heavy atom. The van der Waals surface area contributed by atoms with Crippen LogP contribution in [-0.2, 0) is 6.42 Å². The van der Waals surface area contributed by atoms with E-state index in [1.165, 1.54) is 6.07 Å². The van der Waals surface area contributed by atoms with E-state index in [0.717, 1.165) is 5.56 Å². The summed E-state index contributed by atoms with van der Waals surface area (Å²) in [5.74, 6) is 0. The van der Waals surface area contributed by atoms with Gasteiger partial charge in [-0.2, -0.15) is 0 Å². The van der Waals surface area contributed by atoms with Crippen molar-refractivity contribution in [2.24, 2.45) is 0 Å². The minimum absolute atomic E-state index is 0. The van der Waals surface area contributed by atoms with E-state index in [1.807, 2.05) is 0 Å². The molecule has 5 nitrogen and oxygen atoms in total. The summed E-state index contributed by atoms with van der Waals surface area (Å²) < 4.78 is 0. The standard InChI is InChI=1S/C9H11NO3.H3N/c1-7-2-3-8(4-5-11)9(6-7)10(12)13;/h2-3,6,11H,4-5H2,1H3;1H3. The molecule has 0 heterocycles. The number of rotatable bonds is 3. The molecule has 0 atom stereocenters. The predicted molar refractivity (Wildman–Crippen MR) is 53.6 cm³/mol. The molecule has 0 unspecified atom stereocenters. The Labute approximate surface area is 82.1 Å². The second-order valence-electron chi connectivity index (χ2n) is 2.86. The number of nitro benzene ring substituents is 1. The summed E-state index contributed by atoms with van der Waals surface area (Å²) in [5, 5.41) is 19.2. The average molecular weight is 198 g/mol. The Morgan fingerprint density at radius 3 is 2.64 bits per heavy atom. The molecule has 78 valence electrons. The zero-order chi connectivity index (χ0) is 9.84. The number of nitro groups is 1. The molecule has 0 aliphatic rings. The van der Waals surface area contributed by atoms with Gasteiger partial charge in [0.1, 0.15) is 0 Å². The Balaban J connectivity index is 0.00000169. The van der Waals surface area contributed by atoms with E-state index in [-0.39, 0.29) is 18.4 Å². The lowest BCUT2D eigenvalue weighted by Gasteiger charge is -2.01. The second kappa shape index (κ2) is 5.31. The van der Waals surface area contributed by atoms with E-state index in [4.69, 9.17) is 5.11 Å². The second-order valence-corrected chi connectivity index (χ2v) is 2.86. The highest BCUT2D eigenvalue weighted by atomic mass is 16.6. The minimum Gasteiger partial charge on any atom is -0.396 e. The van der Waals surface area contributed by atoms with Crippen LogP contribution in [0, 0.1) is 17.0 Å². The van der Waals surface area contributed by atoms with Crippen molar-refractivity contribution in [2.75, 3.05) is 6.61 Å². The van der Waals surface area contributed by atoms with Crippen LogP contribution in [-0.4, -0.2) is 16.6 Å². The van der Waals surface area contributed by atoms with Crippen LogP contribution in [0.3, 0.4) is 0 Å². The molecule has 0 aliphatic heterocycles. The van der Waals surface area contributed by atoms with Crippen LogP contribution in [0.2, 0.25) is 0 Å². The van der Waals surface area contributed by atoms with Crippen molar-refractivity contribution < 1.29 is 10.0 Å². The Kier molecular flexibility index (Phi) is 4.76. The highest BCUT2D eigenvalue weighted by molar-refractivity contribution is 5.43. The molecule has 1 aromatic rings. The molecule has 0 amide bonds. The summed E-state index contributed by atoms with van der Waals surface area (Å²) >= 11 is 0. The topological polar surface area (TPSA) is 98.4 Å². The van der Waals surface area contributed by atoms with Gasteiger partial charge in [-0.15, -0.1) is 0 Å². The molecular weight excluding hydrogens is 184 g/mol. The number of hydrogen-bond acceptors (Lipinski definition) is 4. The van der Waals surface area contributed by atoms with Crippen LogP contribution in [0.5, 0.6) is 0 Å². The van der Waals surface area contributed by atoms with Crippen LogP contribution in [0.25, 0.3) is 0 Å². The number of hydrogen-bond donors (Lipinski definition) is 2. The first-order valence-corrected chi connectivity index (χ1v) is 4.00. The fraction of sp³-hybridized carbons (Fsp3) is 0.333. The quantitative estimate of drug-likeness (QED) is 0.569. The number of aryl methyl sites for hydroxylation is 1. The maximum Gasteiger partial charge on any atom is 0.272 e. The lowest BCUT2D eigenvalue weighted by atomic mass is 10.1. The molecule has 14 heavy (non-hydrogen) atoms. The lowest BCUT2D eigenvalue weighted by Crippen LogP contribution is -1.98. The monoisotopic (exact) mass is 198 g/mol. The molecule has 4 N–H and O–H groups in total. The minimum atomic E-state index is -0.419. The fourth-order valence-corrected chi connectivity index (χ4v) is 1.18. The molecule has 1 rings (SSSR count). The average Bonchev–Trinajstić information content (AvgIpc) is 2.08. The molecular formula is C9H14N2O3. The molecule has 5 heteroatoms. The van der Waals surface area contributed by atoms with E-state index in [0.29, 0.717) is 12.0 Å². The molecule has 0 spiro atoms. The van der Waals surface area contributed by atoms with E-state index < -0.39 is 4.92 Å². The van der Waals surface area contributed by atoms with Crippen LogP contribution >= 0.6 is 0 Å². The van der Waals surface area contributed by atoms with Gasteiger partial charge >= 0.3 is 0 Å². The molecule has 0 aromatic heterocycles. The number of aliphatic hydroxyl groups excluding tert-OH is 1. The highest BCUT2D eigenvalue weighted by Gasteiger charge is 2.12. The third-order valence-corrected chi connectivity index (χ3v) is 1.82. The normalized spacial score (nSPS) is 9.29. The molecule has 1 aromatic carbocycles. The molecule has 0 radical (unpaired) electrons. The van der Waals surface area contributed by atoms with Gasteiger partial charge in [-0.1, -0.05) is 12.1 Å². The van der Waals surface area contributed by atoms with Gasteiger partial charge in [-0.05, 0) is 12.5 Å². The Hall–Kier alpha value is -1.46. The SMILES string of the molecule is Cc1ccc(CCO)c([N+](=O)[O-])c1.N. The van der Waals surface area contributed by atoms with E-state index in [2.05, 4.69) is 0 Å². The van der Waals surface area contributed by atoms with Crippen LogP contribution in [0.1, 0.15) is 11.1 Å². The van der Waals surface area contributed by atoms with Crippen LogP contribution in [0.4, 0.5) is 5.69 Å². The van der Waals surface area contributed by atoms with Crippen molar-refractivity contribution >= 4 is 5.69 Å². The van der Waals surface area contributed by atoms with Gasteiger partial charge in [0.05, 0.1) is 4.92 Å². The third kappa shape index (κ3) is 2.79. The van der Waals surface area contributed by atoms with Gasteiger partial charge in [0, 0.05) is 24.7 Å². The first-order chi connectivity index (χ1) is 6.15. The van der Waals surface area contributed by atoms with Crippen molar-refractivity contribution in [1.82, 2.24) is 6.15 Å². The van der Waals surface area contributed by atoms with Gasteiger partial charge in [-0.3, -0.25) is 10.1 Å². The smallest absolute Gasteiger partial charge is 0.272 e. The Morgan fingerprint density at radius 1 is 1.50 bits per heavy atom. The van der Waals surface area contributed by atoms with Crippen molar-refractivity contribution in [3.63, 3.8) is 0 Å². The van der Waals surface area contributed by atoms with Crippen molar-refractivity contribution in [1.29, 1.82) is 0 Å². The largest absolute Gasteiger partial charge is 0.396 e. The molecule has 0 bridgehead atoms. The van der Waals surface area contributed by atoms with Crippen LogP contribution in [0.15, 0.2) is 18.2 Å². The summed E-state index contributed by atoms with van der Waals surface area (Å²) in [6.45, 7) is 1.74. The van der Waals surface area contributed by atoms with E-state index >= 15 is 0 Å². The number of benzene rings is 1. The first-order valence-electron chi connectivity index (χ1n) is 4.00. The molecule has 0 aliphatic carbocycles. The third-order valence-electron chi connectivity index (χ3n) is 1.82. The van der Waals surface area contributed by atoms with Crippen LogP contribution < -0.4 is 6.15 Å². The van der Waals surface area contributed by atoms with Gasteiger partial charge in [-0.25, -0.2) is 0 Å². The van der Waals surface area contributed by atoms with Crippen molar-refractivity contribution in [3.05, 3.63) is 39.4 Å². The van der Waals surface area contributed by atoms with E-state index in [9.17, 15) is 10.1 Å². The van der Waals surface area contributed by atoms with Crippen molar-refractivity contribution in [2.45, 2.75) is 13.3 Å². The van der Waals surface area contributed by atoms with E-state index in [1.54, 1.807) is 19.1 Å². The molecule has 0 fully saturated rings. The fourth-order valence-electron chi connectivity index (χ4n) is 1.18. The van der Waals surface area contributed by atoms with Gasteiger partial charge in [0.15, 0.2) is 0 Å². The molecule has 0 saturated carbocycles. The Bertz CT molecular complexity index is 326. The highest BCUT2D eigenvalue weighted by Crippen LogP contribution is 2.20. The number of aliphatic hydroxyl groups is 1. The predicted octanol–water partition coefficient (Wildman–Crippen LogP) is 1.60. The molecule has 0 saturated heterocycles. The van der Waals surface area contributed by atoms with Crippen molar-refractivity contribution in [3.8, 4) is 0 Å². The summed E-state index contributed by atoms with van der Waals surface area (Å²) in [6.07, 6.45) is 0.330. The first kappa shape index (κ1) is 12.5. The summed E-state index contributed by atoms with van der Waals surface area (Å²) in [4.78, 5) is 10.2. The lowest BCUT2D eigenvalue weighted by molar-refractivity contribution is -0.385. The summed E-state index contributed by atoms with van der Waals surface area (Å²) in [6, 6.07) is 5.01. The maximum atomic E-state index is 10.6. The zero-order valence-corrected chi connectivity index (χ0v) is 8.06. The summed E-state index contributed by atoms with van der Waals surface area (Å²) in [7, 11) is 0. The zero-order valence-electron chi connectivity index (χ0n) is 8.06. The maximum absolute atomic E-state index is 10.6. The van der Waals surface area contributed by atoms with Gasteiger partial charge < -0.3 is 11.3 Å². The number of nitrogens with zero attached hydrogens (tertiary/aromatic N) is 1. The van der Waals surface area contributed by atoms with Gasteiger partial charge in [0.25, 0.3) is 5.69 Å². The van der Waals surface area contributed by atoms with Gasteiger partial charge in [0.2, 0.25) is 0 Å². The summed E-state index contributed by atoms with van der Waals surface area (Å²) in [5.41, 5.74) is 1.53.